The van der Waals surface area contributed by atoms with E-state index in [9.17, 15) is 0 Å². The zero-order valence-corrected chi connectivity index (χ0v) is 15.6. The van der Waals surface area contributed by atoms with E-state index >= 15 is 0 Å². The second-order valence-corrected chi connectivity index (χ2v) is 4.49. The Morgan fingerprint density at radius 3 is 1.42 bits per heavy atom. The monoisotopic (exact) mass is 236 g/mol. The zero-order chi connectivity index (χ0) is 7.82. The molecule has 0 bridgehead atoms. The maximum atomic E-state index is 8.33. The molecule has 0 atom stereocenters. The molecule has 0 aromatic carbocycles. The van der Waals surface area contributed by atoms with Crippen molar-refractivity contribution in [2.45, 2.75) is 29.8 Å². The van der Waals surface area contributed by atoms with Gasteiger partial charge in [-0.25, -0.2) is 0 Å². The first-order valence-electron chi connectivity index (χ1n) is 3.61. The number of carbonyl (C=O) groups excluding carboxylic acids is 1. The van der Waals surface area contributed by atoms with Crippen LogP contribution in [0, 0.1) is 0 Å². The van der Waals surface area contributed by atoms with Crippen molar-refractivity contribution in [1.29, 1.82) is 0 Å². The third kappa shape index (κ3) is 23.1. The van der Waals surface area contributed by atoms with Crippen molar-refractivity contribution in [1.82, 2.24) is 0 Å². The van der Waals surface area contributed by atoms with E-state index in [1.807, 2.05) is 0 Å². The Morgan fingerprint density at radius 2 is 1.33 bits per heavy atom. The molecule has 0 spiro atoms. The number of hydrogen-bond acceptors (Lipinski definition) is 3. The van der Waals surface area contributed by atoms with Crippen LogP contribution < -0.4 is 113 Å². The van der Waals surface area contributed by atoms with E-state index in [1.165, 1.54) is 6.42 Å². The van der Waals surface area contributed by atoms with Crippen LogP contribution in [0.15, 0.2) is 0 Å². The van der Waals surface area contributed by atoms with Crippen LogP contribution in [-0.2, 0) is 0 Å². The molecule has 3 nitrogen and oxygen atoms in total. The predicted molar refractivity (Wildman–Crippen MR) is 36.0 cm³/mol. The largest absolute Gasteiger partial charge is 1.00 e. The summed E-state index contributed by atoms with van der Waals surface area (Å²) >= 11 is 0.508. The van der Waals surface area contributed by atoms with Crippen molar-refractivity contribution in [3.63, 3.8) is 0 Å². The fourth-order valence-electron chi connectivity index (χ4n) is 1.06. The van der Waals surface area contributed by atoms with E-state index in [0.29, 0.717) is 15.2 Å². The number of carboxylic acid groups (broad SMARTS) is 2. The molecule has 1 rings (SSSR count). The maximum Gasteiger partial charge on any atom is 1.00 e. The maximum absolute atomic E-state index is 8.33. The Balaban J connectivity index is -0.000000124. The molecule has 58 valence electrons. The molecule has 12 heavy (non-hydrogen) atoms. The van der Waals surface area contributed by atoms with Gasteiger partial charge in [0.2, 0.25) is 15.2 Å². The van der Waals surface area contributed by atoms with Crippen LogP contribution in [0.25, 0.3) is 0 Å². The fraction of sp³-hybridized carbons (Fsp3) is 0.833. The van der Waals surface area contributed by atoms with Gasteiger partial charge in [-0.3, -0.25) is 0 Å². The Hall–Kier alpha value is 3.08. The van der Waals surface area contributed by atoms with Crippen LogP contribution in [-0.4, -0.2) is 21.4 Å². The summed E-state index contributed by atoms with van der Waals surface area (Å²) < 4.78 is 0. The number of carbonyl (C=O) groups is 1. The Morgan fingerprint density at radius 1 is 1.00 bits per heavy atom. The molecule has 0 saturated carbocycles. The average molecular weight is 236 g/mol. The van der Waals surface area contributed by atoms with Gasteiger partial charge >= 0.3 is 103 Å². The summed E-state index contributed by atoms with van der Waals surface area (Å²) in [5.74, 6) is 0. The predicted octanol–water partition coefficient (Wildman–Crippen LogP) is -7.00. The van der Waals surface area contributed by atoms with Crippen molar-refractivity contribution in [2.24, 2.45) is 0 Å². The molecular weight excluding hydrogens is 225 g/mol. The first-order valence-corrected chi connectivity index (χ1v) is 5.61. The molecule has 1 saturated heterocycles. The molecule has 1 aliphatic rings. The number of hydrogen-bond donors (Lipinski definition) is 0. The van der Waals surface area contributed by atoms with E-state index in [1.54, 1.807) is 23.4 Å². The van der Waals surface area contributed by atoms with Crippen LogP contribution in [0.1, 0.15) is 19.3 Å². The van der Waals surface area contributed by atoms with Crippen LogP contribution in [0.3, 0.4) is 0 Å². The SMILES string of the molecule is C1C[CH2][AlH][CH2]C1.O=C([O-])[O-].[K+].[K+]. The van der Waals surface area contributed by atoms with Gasteiger partial charge in [-0.1, -0.05) is 29.8 Å². The van der Waals surface area contributed by atoms with Crippen LogP contribution in [0.2, 0.25) is 10.6 Å². The van der Waals surface area contributed by atoms with E-state index in [4.69, 9.17) is 15.0 Å². The fourth-order valence-corrected chi connectivity index (χ4v) is 2.83. The molecule has 1 aliphatic heterocycles. The minimum atomic E-state index is -2.33. The minimum Gasteiger partial charge on any atom is -0.652 e. The third-order valence-corrected chi connectivity index (χ3v) is 3.50. The standard InChI is InChI=1S/C5H10.CH2O3.Al.2K.H/c1-3-5-4-2;2-1(3)4;;;;/h1-5H2;(H2,2,3,4);;;;/q;;;2*+1;/p-2. The Bertz CT molecular complexity index is 83.3. The minimum absolute atomic E-state index is 0. The van der Waals surface area contributed by atoms with Crippen molar-refractivity contribution in [3.05, 3.63) is 0 Å². The molecule has 0 unspecified atom stereocenters. The molecule has 1 heterocycles. The molecule has 0 aliphatic carbocycles. The molecule has 1 fully saturated rings. The normalized spacial score (nSPS) is 13.3. The van der Waals surface area contributed by atoms with Gasteiger partial charge in [0, 0.05) is 0 Å². The smallest absolute Gasteiger partial charge is 0.652 e. The van der Waals surface area contributed by atoms with Crippen molar-refractivity contribution >= 4 is 21.4 Å². The molecule has 6 heteroatoms. The van der Waals surface area contributed by atoms with Gasteiger partial charge in [-0.2, -0.15) is 0 Å². The molecule has 0 aromatic heterocycles. The topological polar surface area (TPSA) is 63.2 Å². The quantitative estimate of drug-likeness (QED) is 0.393. The van der Waals surface area contributed by atoms with Gasteiger partial charge in [-0.15, -0.1) is 0 Å². The molecule has 0 aromatic rings. The third-order valence-electron chi connectivity index (χ3n) is 1.50. The van der Waals surface area contributed by atoms with Gasteiger partial charge in [0.05, 0.1) is 0 Å². The van der Waals surface area contributed by atoms with Crippen molar-refractivity contribution in [3.8, 4) is 0 Å². The van der Waals surface area contributed by atoms with Gasteiger partial charge in [-0.05, 0) is 6.16 Å². The average Bonchev–Trinajstić information content (AvgIpc) is 1.90. The van der Waals surface area contributed by atoms with Crippen LogP contribution in [0.4, 0.5) is 4.79 Å². The summed E-state index contributed by atoms with van der Waals surface area (Å²) in [6.45, 7) is 0. The summed E-state index contributed by atoms with van der Waals surface area (Å²) in [5.41, 5.74) is 0. The Kier molecular flexibility index (Phi) is 28.2. The first kappa shape index (κ1) is 20.5. The molecular formula is C6H11AlK2O3. The number of rotatable bonds is 0. The van der Waals surface area contributed by atoms with Gasteiger partial charge in [0.1, 0.15) is 0 Å². The summed E-state index contributed by atoms with van der Waals surface area (Å²) in [6.07, 6.45) is 2.32. The van der Waals surface area contributed by atoms with Crippen molar-refractivity contribution in [2.75, 3.05) is 0 Å². The van der Waals surface area contributed by atoms with Crippen LogP contribution in [0.5, 0.6) is 0 Å². The summed E-state index contributed by atoms with van der Waals surface area (Å²) in [7, 11) is 0. The van der Waals surface area contributed by atoms with E-state index in [0.717, 1.165) is 0 Å². The van der Waals surface area contributed by atoms with E-state index in [-0.39, 0.29) is 103 Å². The van der Waals surface area contributed by atoms with Crippen LogP contribution >= 0.6 is 0 Å². The van der Waals surface area contributed by atoms with Gasteiger partial charge in [0.15, 0.2) is 0 Å². The molecule has 0 amide bonds. The zero-order valence-electron chi connectivity index (χ0n) is 7.97. The van der Waals surface area contributed by atoms with Gasteiger partial charge in [0.25, 0.3) is 0 Å². The molecule has 0 radical (unpaired) electrons. The summed E-state index contributed by atoms with van der Waals surface area (Å²) in [4.78, 5) is 8.33. The van der Waals surface area contributed by atoms with E-state index < -0.39 is 6.16 Å². The second kappa shape index (κ2) is 16.5. The first-order chi connectivity index (χ1) is 4.73. The summed E-state index contributed by atoms with van der Waals surface area (Å²) in [6, 6.07) is 0. The van der Waals surface area contributed by atoms with E-state index in [2.05, 4.69) is 0 Å². The Labute approximate surface area is 165 Å². The summed E-state index contributed by atoms with van der Waals surface area (Å²) in [5, 5.41) is 19.9. The second-order valence-electron chi connectivity index (χ2n) is 2.37. The molecule has 0 N–H and O–H groups in total. The van der Waals surface area contributed by atoms with Crippen molar-refractivity contribution < 1.29 is 118 Å². The van der Waals surface area contributed by atoms with Gasteiger partial charge < -0.3 is 15.0 Å².